The number of carboxylic acid groups (broad SMARTS) is 1. The van der Waals surface area contributed by atoms with Crippen LogP contribution < -0.4 is 10.6 Å². The van der Waals surface area contributed by atoms with E-state index in [1.54, 1.807) is 0 Å². The molecule has 3 N–H and O–H groups in total. The molecule has 0 unspecified atom stereocenters. The number of ether oxygens (including phenoxy) is 2. The summed E-state index contributed by atoms with van der Waals surface area (Å²) in [7, 11) is 0. The fourth-order valence-corrected chi connectivity index (χ4v) is 3.22. The van der Waals surface area contributed by atoms with E-state index in [2.05, 4.69) is 15.4 Å². The van der Waals surface area contributed by atoms with Crippen molar-refractivity contribution >= 4 is 52.4 Å². The number of ketones is 1. The summed E-state index contributed by atoms with van der Waals surface area (Å²) in [5, 5.41) is 13.3. The van der Waals surface area contributed by atoms with Crippen LogP contribution in [-0.2, 0) is 43.0 Å². The highest BCUT2D eigenvalue weighted by Gasteiger charge is 2.40. The van der Waals surface area contributed by atoms with Gasteiger partial charge in [0, 0.05) is 37.1 Å². The van der Waals surface area contributed by atoms with E-state index in [9.17, 15) is 33.6 Å². The van der Waals surface area contributed by atoms with Crippen molar-refractivity contribution < 1.29 is 48.1 Å². The SMILES string of the molecule is CC(C)(COC(=O)C(=O)O)[C@H]1OC(=O)CCC(=O)CC(=O)SCCNC(=O)CCNC1=O. The number of rotatable bonds is 3. The molecule has 0 aromatic carbocycles. The highest BCUT2D eigenvalue weighted by atomic mass is 32.2. The molecule has 0 radical (unpaired) electrons. The largest absolute Gasteiger partial charge is 0.473 e. The standard InChI is InChI=1S/C19H26N2O10S/c1-19(2,10-30-18(29)17(27)28)15-16(26)21-6-5-12(23)20-7-8-32-14(25)9-11(22)3-4-13(24)31-15/h15H,3-10H2,1-2H3,(H,20,23)(H,21,26)(H,27,28)/t15-/m0/s1. The van der Waals surface area contributed by atoms with Gasteiger partial charge in [0.1, 0.15) is 12.4 Å². The summed E-state index contributed by atoms with van der Waals surface area (Å²) >= 11 is 0.893. The average Bonchev–Trinajstić information content (AvgIpc) is 2.71. The van der Waals surface area contributed by atoms with Gasteiger partial charge < -0.3 is 25.2 Å². The molecular formula is C19H26N2O10S. The highest BCUT2D eigenvalue weighted by molar-refractivity contribution is 8.13. The van der Waals surface area contributed by atoms with Crippen molar-refractivity contribution in [3.8, 4) is 0 Å². The maximum absolute atomic E-state index is 12.7. The van der Waals surface area contributed by atoms with E-state index in [1.165, 1.54) is 13.8 Å². The minimum Gasteiger partial charge on any atom is -0.473 e. The number of Topliss-reactive ketones (excluding diaryl/α,β-unsaturated/α-hetero) is 1. The van der Waals surface area contributed by atoms with Crippen LogP contribution in [0.5, 0.6) is 0 Å². The summed E-state index contributed by atoms with van der Waals surface area (Å²) in [6, 6.07) is 0. The Bertz CT molecular complexity index is 780. The lowest BCUT2D eigenvalue weighted by molar-refractivity contribution is -0.173. The van der Waals surface area contributed by atoms with Gasteiger partial charge in [0.05, 0.1) is 12.8 Å². The first-order valence-corrected chi connectivity index (χ1v) is 10.7. The molecule has 2 amide bonds. The molecule has 0 aromatic rings. The van der Waals surface area contributed by atoms with E-state index in [-0.39, 0.29) is 50.4 Å². The molecule has 178 valence electrons. The van der Waals surface area contributed by atoms with Crippen molar-refractivity contribution in [3.05, 3.63) is 0 Å². The van der Waals surface area contributed by atoms with Crippen molar-refractivity contribution in [1.82, 2.24) is 10.6 Å². The van der Waals surface area contributed by atoms with Crippen molar-refractivity contribution in [2.75, 3.05) is 25.4 Å². The Morgan fingerprint density at radius 2 is 1.78 bits per heavy atom. The second-order valence-electron chi connectivity index (χ2n) is 7.57. The summed E-state index contributed by atoms with van der Waals surface area (Å²) in [6.45, 7) is 2.37. The molecule has 13 heteroatoms. The highest BCUT2D eigenvalue weighted by Crippen LogP contribution is 2.25. The lowest BCUT2D eigenvalue weighted by Gasteiger charge is -2.32. The predicted molar refractivity (Wildman–Crippen MR) is 109 cm³/mol. The van der Waals surface area contributed by atoms with Gasteiger partial charge in [-0.2, -0.15) is 0 Å². The van der Waals surface area contributed by atoms with Gasteiger partial charge in [-0.05, 0) is 0 Å². The monoisotopic (exact) mass is 474 g/mol. The van der Waals surface area contributed by atoms with Crippen LogP contribution >= 0.6 is 11.8 Å². The van der Waals surface area contributed by atoms with Crippen LogP contribution in [0, 0.1) is 5.41 Å². The molecule has 1 heterocycles. The maximum atomic E-state index is 12.7. The third-order valence-corrected chi connectivity index (χ3v) is 5.11. The fraction of sp³-hybridized carbons (Fsp3) is 0.632. The van der Waals surface area contributed by atoms with E-state index in [1.807, 2.05) is 0 Å². The quantitative estimate of drug-likeness (QED) is 0.264. The van der Waals surface area contributed by atoms with Gasteiger partial charge in [-0.25, -0.2) is 9.59 Å². The molecular weight excluding hydrogens is 448 g/mol. The Labute approximate surface area is 188 Å². The number of amides is 2. The van der Waals surface area contributed by atoms with Gasteiger partial charge in [-0.15, -0.1) is 0 Å². The number of hydrogen-bond acceptors (Lipinski definition) is 10. The van der Waals surface area contributed by atoms with Gasteiger partial charge >= 0.3 is 17.9 Å². The first-order chi connectivity index (χ1) is 14.9. The number of carbonyl (C=O) groups is 7. The molecule has 1 aliphatic heterocycles. The molecule has 0 aromatic heterocycles. The topological polar surface area (TPSA) is 182 Å². The first kappa shape index (κ1) is 27.1. The maximum Gasteiger partial charge on any atom is 0.417 e. The molecule has 0 aliphatic carbocycles. The van der Waals surface area contributed by atoms with Crippen molar-refractivity contribution in [3.63, 3.8) is 0 Å². The van der Waals surface area contributed by atoms with Crippen LogP contribution in [0.2, 0.25) is 0 Å². The minimum absolute atomic E-state index is 0.0854. The molecule has 1 rings (SSSR count). The van der Waals surface area contributed by atoms with Crippen LogP contribution in [0.15, 0.2) is 0 Å². The molecule has 0 saturated carbocycles. The summed E-state index contributed by atoms with van der Waals surface area (Å²) in [5.41, 5.74) is -1.34. The Morgan fingerprint density at radius 1 is 1.09 bits per heavy atom. The van der Waals surface area contributed by atoms with E-state index in [0.717, 1.165) is 11.8 Å². The summed E-state index contributed by atoms with van der Waals surface area (Å²) in [5.74, 6) is -5.66. The van der Waals surface area contributed by atoms with Crippen LogP contribution in [-0.4, -0.2) is 77.3 Å². The fourth-order valence-electron chi connectivity index (χ4n) is 2.52. The van der Waals surface area contributed by atoms with E-state index in [0.29, 0.717) is 0 Å². The number of carboxylic acids is 1. The van der Waals surface area contributed by atoms with E-state index in [4.69, 9.17) is 9.84 Å². The van der Waals surface area contributed by atoms with Crippen molar-refractivity contribution in [2.45, 2.75) is 45.6 Å². The molecule has 0 spiro atoms. The minimum atomic E-state index is -1.83. The number of carbonyl (C=O) groups excluding carboxylic acids is 6. The van der Waals surface area contributed by atoms with Crippen molar-refractivity contribution in [2.24, 2.45) is 5.41 Å². The Kier molecular flexibility index (Phi) is 10.8. The number of nitrogens with one attached hydrogen (secondary N) is 2. The second kappa shape index (κ2) is 12.8. The van der Waals surface area contributed by atoms with Crippen LogP contribution in [0.3, 0.4) is 0 Å². The zero-order valence-corrected chi connectivity index (χ0v) is 18.6. The summed E-state index contributed by atoms with van der Waals surface area (Å²) in [6.07, 6.45) is -2.64. The molecule has 32 heavy (non-hydrogen) atoms. The Hall–Kier alpha value is -2.96. The zero-order valence-electron chi connectivity index (χ0n) is 17.8. The number of hydrogen-bond donors (Lipinski definition) is 3. The van der Waals surface area contributed by atoms with Gasteiger partial charge in [0.15, 0.2) is 11.2 Å². The summed E-state index contributed by atoms with van der Waals surface area (Å²) in [4.78, 5) is 82.3. The third-order valence-electron chi connectivity index (χ3n) is 4.24. The van der Waals surface area contributed by atoms with Crippen molar-refractivity contribution in [1.29, 1.82) is 0 Å². The molecule has 0 bridgehead atoms. The molecule has 1 saturated heterocycles. The summed E-state index contributed by atoms with van der Waals surface area (Å²) < 4.78 is 9.85. The first-order valence-electron chi connectivity index (χ1n) is 9.73. The Morgan fingerprint density at radius 3 is 2.44 bits per heavy atom. The normalized spacial score (nSPS) is 20.4. The zero-order chi connectivity index (χ0) is 24.3. The number of esters is 2. The van der Waals surface area contributed by atoms with Crippen LogP contribution in [0.25, 0.3) is 0 Å². The average molecular weight is 474 g/mol. The lowest BCUT2D eigenvalue weighted by atomic mass is 9.86. The van der Waals surface area contributed by atoms with E-state index >= 15 is 0 Å². The third kappa shape index (κ3) is 9.90. The van der Waals surface area contributed by atoms with Gasteiger partial charge in [-0.1, -0.05) is 25.6 Å². The van der Waals surface area contributed by atoms with Gasteiger partial charge in [0.2, 0.25) is 5.91 Å². The number of cyclic esters (lactones) is 1. The molecule has 12 nitrogen and oxygen atoms in total. The lowest BCUT2D eigenvalue weighted by Crippen LogP contribution is -2.49. The molecule has 1 fully saturated rings. The van der Waals surface area contributed by atoms with Crippen LogP contribution in [0.1, 0.15) is 39.5 Å². The number of thioether (sulfide) groups is 1. The molecule has 1 atom stereocenters. The smallest absolute Gasteiger partial charge is 0.417 e. The second-order valence-corrected chi connectivity index (χ2v) is 8.72. The van der Waals surface area contributed by atoms with Crippen LogP contribution in [0.4, 0.5) is 0 Å². The molecule has 1 aliphatic rings. The number of aliphatic carboxylic acids is 1. The predicted octanol–water partition coefficient (Wildman–Crippen LogP) is -0.812. The van der Waals surface area contributed by atoms with E-state index < -0.39 is 52.8 Å². The Balaban J connectivity index is 2.96. The van der Waals surface area contributed by atoms with Gasteiger partial charge in [-0.3, -0.25) is 24.0 Å². The van der Waals surface area contributed by atoms with Gasteiger partial charge in [0.25, 0.3) is 5.91 Å².